The van der Waals surface area contributed by atoms with Gasteiger partial charge in [-0.15, -0.1) is 0 Å². The van der Waals surface area contributed by atoms with Crippen molar-refractivity contribution in [1.29, 1.82) is 0 Å². The number of ether oxygens (including phenoxy) is 1. The molecule has 2 aliphatic rings. The summed E-state index contributed by atoms with van der Waals surface area (Å²) in [5.74, 6) is 0.0828. The quantitative estimate of drug-likeness (QED) is 0.921. The average Bonchev–Trinajstić information content (AvgIpc) is 3.24. The van der Waals surface area contributed by atoms with E-state index in [0.717, 1.165) is 56.9 Å². The molecule has 0 aromatic carbocycles. The number of nitrogens with one attached hydrogen (secondary N) is 1. The molecule has 0 unspecified atom stereocenters. The first kappa shape index (κ1) is 14.4. The van der Waals surface area contributed by atoms with Gasteiger partial charge in [0.1, 0.15) is 5.69 Å². The molecule has 0 bridgehead atoms. The zero-order valence-corrected chi connectivity index (χ0v) is 13.2. The molecule has 1 aromatic heterocycles. The largest absolute Gasteiger partial charge is 0.378 e. The van der Waals surface area contributed by atoms with E-state index in [0.29, 0.717) is 6.04 Å². The lowest BCUT2D eigenvalue weighted by molar-refractivity contribution is 0.0941. The molecule has 0 atom stereocenters. The van der Waals surface area contributed by atoms with E-state index >= 15 is 0 Å². The van der Waals surface area contributed by atoms with Gasteiger partial charge >= 0.3 is 0 Å². The number of carbonyl (C=O) groups excluding carboxylic acids is 1. The molecule has 5 heteroatoms. The molecule has 0 spiro atoms. The lowest BCUT2D eigenvalue weighted by Gasteiger charge is -2.29. The molecule has 1 saturated carbocycles. The monoisotopic (exact) mass is 291 g/mol. The van der Waals surface area contributed by atoms with Crippen molar-refractivity contribution >= 4 is 11.6 Å². The Balaban J connectivity index is 1.96. The summed E-state index contributed by atoms with van der Waals surface area (Å²) in [5.41, 5.74) is 4.36. The topological polar surface area (TPSA) is 46.5 Å². The first-order valence-electron chi connectivity index (χ1n) is 7.96. The lowest BCUT2D eigenvalue weighted by Crippen LogP contribution is -2.36. The Kier molecular flexibility index (Phi) is 3.93. The minimum absolute atomic E-state index is 0.0828. The van der Waals surface area contributed by atoms with Crippen LogP contribution in [0.15, 0.2) is 0 Å². The van der Waals surface area contributed by atoms with Gasteiger partial charge in [0.2, 0.25) is 0 Å². The first-order chi connectivity index (χ1) is 10.1. The molecule has 5 nitrogen and oxygen atoms in total. The fourth-order valence-electron chi connectivity index (χ4n) is 3.30. The number of hydrogen-bond acceptors (Lipinski definition) is 3. The van der Waals surface area contributed by atoms with E-state index in [2.05, 4.69) is 35.6 Å². The Labute approximate surface area is 126 Å². The average molecular weight is 291 g/mol. The molecule has 1 aliphatic heterocycles. The van der Waals surface area contributed by atoms with Crippen molar-refractivity contribution in [3.05, 3.63) is 17.0 Å². The van der Waals surface area contributed by atoms with Crippen molar-refractivity contribution in [2.45, 2.75) is 46.2 Å². The fraction of sp³-hybridized carbons (Fsp3) is 0.688. The molecule has 2 heterocycles. The first-order valence-corrected chi connectivity index (χ1v) is 7.96. The molecule has 1 aromatic rings. The fourth-order valence-corrected chi connectivity index (χ4v) is 3.30. The summed E-state index contributed by atoms with van der Waals surface area (Å²) < 4.78 is 7.60. The third-order valence-corrected chi connectivity index (χ3v) is 4.50. The molecule has 1 aliphatic carbocycles. The maximum absolute atomic E-state index is 12.6. The van der Waals surface area contributed by atoms with Crippen molar-refractivity contribution < 1.29 is 9.53 Å². The maximum atomic E-state index is 12.6. The van der Waals surface area contributed by atoms with Crippen LogP contribution in [-0.4, -0.2) is 42.8 Å². The summed E-state index contributed by atoms with van der Waals surface area (Å²) in [5, 5.41) is 3.13. The lowest BCUT2D eigenvalue weighted by atomic mass is 10.2. The van der Waals surface area contributed by atoms with Gasteiger partial charge in [0, 0.05) is 36.9 Å². The van der Waals surface area contributed by atoms with Crippen molar-refractivity contribution in [3.8, 4) is 0 Å². The summed E-state index contributed by atoms with van der Waals surface area (Å²) in [4.78, 5) is 14.9. The van der Waals surface area contributed by atoms with Crippen LogP contribution < -0.4 is 10.2 Å². The van der Waals surface area contributed by atoms with Crippen LogP contribution in [0.3, 0.4) is 0 Å². The van der Waals surface area contributed by atoms with Gasteiger partial charge in [-0.2, -0.15) is 0 Å². The summed E-state index contributed by atoms with van der Waals surface area (Å²) in [6.45, 7) is 10.5. The predicted molar refractivity (Wildman–Crippen MR) is 83.1 cm³/mol. The van der Waals surface area contributed by atoms with E-state index < -0.39 is 0 Å². The molecule has 21 heavy (non-hydrogen) atoms. The highest BCUT2D eigenvalue weighted by atomic mass is 16.5. The van der Waals surface area contributed by atoms with Crippen molar-refractivity contribution in [1.82, 2.24) is 9.88 Å². The number of morpholine rings is 1. The van der Waals surface area contributed by atoms with Crippen molar-refractivity contribution in [2.75, 3.05) is 31.2 Å². The van der Waals surface area contributed by atoms with E-state index in [9.17, 15) is 4.79 Å². The molecule has 1 amide bonds. The van der Waals surface area contributed by atoms with Crippen LogP contribution >= 0.6 is 0 Å². The highest BCUT2D eigenvalue weighted by Crippen LogP contribution is 2.32. The second-order valence-corrected chi connectivity index (χ2v) is 6.00. The van der Waals surface area contributed by atoms with Crippen LogP contribution in [0.2, 0.25) is 0 Å². The zero-order valence-electron chi connectivity index (χ0n) is 13.2. The van der Waals surface area contributed by atoms with Crippen LogP contribution in [0.1, 0.15) is 41.5 Å². The Morgan fingerprint density at radius 3 is 2.52 bits per heavy atom. The van der Waals surface area contributed by atoms with Crippen LogP contribution in [0.25, 0.3) is 0 Å². The number of rotatable bonds is 4. The molecule has 2 fully saturated rings. The van der Waals surface area contributed by atoms with Gasteiger partial charge in [-0.1, -0.05) is 0 Å². The van der Waals surface area contributed by atoms with Crippen LogP contribution in [0, 0.1) is 13.8 Å². The summed E-state index contributed by atoms with van der Waals surface area (Å²) in [7, 11) is 0. The molecule has 3 rings (SSSR count). The third-order valence-electron chi connectivity index (χ3n) is 4.50. The van der Waals surface area contributed by atoms with Crippen LogP contribution in [0.5, 0.6) is 0 Å². The summed E-state index contributed by atoms with van der Waals surface area (Å²) in [6, 6.07) is 0.393. The summed E-state index contributed by atoms with van der Waals surface area (Å²) in [6.07, 6.45) is 2.24. The van der Waals surface area contributed by atoms with E-state index in [1.807, 2.05) is 0 Å². The molecule has 116 valence electrons. The van der Waals surface area contributed by atoms with Crippen LogP contribution in [0.4, 0.5) is 5.69 Å². The number of aromatic nitrogens is 1. The SMILES string of the molecule is CCn1c(C)c(N2CCOCC2)c(C)c1C(=O)NC1CC1. The number of hydrogen-bond donors (Lipinski definition) is 1. The minimum atomic E-state index is 0.0828. The highest BCUT2D eigenvalue weighted by Gasteiger charge is 2.29. The zero-order chi connectivity index (χ0) is 15.0. The van der Waals surface area contributed by atoms with Gasteiger partial charge in [0.05, 0.1) is 18.9 Å². The van der Waals surface area contributed by atoms with E-state index in [1.165, 1.54) is 11.4 Å². The number of carbonyl (C=O) groups is 1. The van der Waals surface area contributed by atoms with Crippen molar-refractivity contribution in [2.24, 2.45) is 0 Å². The second-order valence-electron chi connectivity index (χ2n) is 6.00. The number of anilines is 1. The smallest absolute Gasteiger partial charge is 0.268 e. The number of amides is 1. The van der Waals surface area contributed by atoms with Crippen molar-refractivity contribution in [3.63, 3.8) is 0 Å². The predicted octanol–water partition coefficient (Wildman–Crippen LogP) is 1.85. The van der Waals surface area contributed by atoms with Crippen LogP contribution in [-0.2, 0) is 11.3 Å². The Hall–Kier alpha value is -1.49. The maximum Gasteiger partial charge on any atom is 0.268 e. The molecule has 1 N–H and O–H groups in total. The van der Waals surface area contributed by atoms with E-state index in [4.69, 9.17) is 4.74 Å². The second kappa shape index (κ2) is 5.72. The van der Waals surface area contributed by atoms with Gasteiger partial charge in [0.25, 0.3) is 5.91 Å². The molecular weight excluding hydrogens is 266 g/mol. The highest BCUT2D eigenvalue weighted by molar-refractivity contribution is 5.97. The van der Waals surface area contributed by atoms with Gasteiger partial charge in [-0.3, -0.25) is 4.79 Å². The standard InChI is InChI=1S/C16H25N3O2/c1-4-19-12(3)14(18-7-9-21-10-8-18)11(2)15(19)16(20)17-13-5-6-13/h13H,4-10H2,1-3H3,(H,17,20). The van der Waals surface area contributed by atoms with Gasteiger partial charge in [-0.25, -0.2) is 0 Å². The Morgan fingerprint density at radius 1 is 1.29 bits per heavy atom. The Bertz CT molecular complexity index is 540. The number of nitrogens with zero attached hydrogens (tertiary/aromatic N) is 2. The summed E-state index contributed by atoms with van der Waals surface area (Å²) >= 11 is 0. The minimum Gasteiger partial charge on any atom is -0.378 e. The van der Waals surface area contributed by atoms with E-state index in [-0.39, 0.29) is 5.91 Å². The Morgan fingerprint density at radius 2 is 1.95 bits per heavy atom. The molecule has 1 saturated heterocycles. The normalized spacial score (nSPS) is 18.9. The third kappa shape index (κ3) is 2.67. The van der Waals surface area contributed by atoms with Gasteiger partial charge < -0.3 is 19.5 Å². The molecular formula is C16H25N3O2. The molecule has 0 radical (unpaired) electrons. The van der Waals surface area contributed by atoms with Gasteiger partial charge in [0.15, 0.2) is 0 Å². The van der Waals surface area contributed by atoms with Gasteiger partial charge in [-0.05, 0) is 33.6 Å². The van der Waals surface area contributed by atoms with E-state index in [1.54, 1.807) is 0 Å².